The molecule has 1 rings (SSSR count). The minimum Gasteiger partial charge on any atom is -0.478 e. The summed E-state index contributed by atoms with van der Waals surface area (Å²) in [7, 11) is 0. The average Bonchev–Trinajstić information content (AvgIpc) is 2.31. The maximum absolute atomic E-state index is 13.4. The van der Waals surface area contributed by atoms with E-state index in [1.165, 1.54) is 12.1 Å². The van der Waals surface area contributed by atoms with Gasteiger partial charge in [-0.15, -0.1) is 6.42 Å². The maximum Gasteiger partial charge on any atom is 0.337 e. The third-order valence-corrected chi connectivity index (χ3v) is 2.08. The molecule has 5 nitrogen and oxygen atoms in total. The van der Waals surface area contributed by atoms with Crippen LogP contribution < -0.4 is 10.6 Å². The summed E-state index contributed by atoms with van der Waals surface area (Å²) >= 11 is 0. The van der Waals surface area contributed by atoms with Gasteiger partial charge >= 0.3 is 12.0 Å². The summed E-state index contributed by atoms with van der Waals surface area (Å²) in [4.78, 5) is 22.3. The number of anilines is 1. The molecule has 3 N–H and O–H groups in total. The lowest BCUT2D eigenvalue weighted by Gasteiger charge is -2.12. The number of terminal acetylenes is 1. The molecule has 0 saturated heterocycles. The third-order valence-electron chi connectivity index (χ3n) is 2.08. The molecule has 2 amide bonds. The van der Waals surface area contributed by atoms with Crippen LogP contribution >= 0.6 is 0 Å². The van der Waals surface area contributed by atoms with Crippen molar-refractivity contribution in [2.24, 2.45) is 0 Å². The van der Waals surface area contributed by atoms with Gasteiger partial charge in [0.2, 0.25) is 0 Å². The summed E-state index contributed by atoms with van der Waals surface area (Å²) < 4.78 is 13.4. The Morgan fingerprint density at radius 1 is 1.50 bits per heavy atom. The number of para-hydroxylation sites is 1. The van der Waals surface area contributed by atoms with Gasteiger partial charge in [-0.1, -0.05) is 12.0 Å². The summed E-state index contributed by atoms with van der Waals surface area (Å²) in [6.07, 6.45) is 5.06. The number of carboxylic acids is 1. The van der Waals surface area contributed by atoms with Gasteiger partial charge in [0.15, 0.2) is 0 Å². The number of halogens is 1. The zero-order chi connectivity index (χ0) is 13.7. The summed E-state index contributed by atoms with van der Waals surface area (Å²) in [6.45, 7) is 1.55. The summed E-state index contributed by atoms with van der Waals surface area (Å²) in [5.74, 6) is 0.0786. The highest BCUT2D eigenvalue weighted by Gasteiger charge is 2.16. The molecule has 0 saturated carbocycles. The zero-order valence-corrected chi connectivity index (χ0v) is 9.53. The van der Waals surface area contributed by atoms with E-state index in [-0.39, 0.29) is 5.56 Å². The number of hydrogen-bond donors (Lipinski definition) is 3. The van der Waals surface area contributed by atoms with Crippen LogP contribution in [0.15, 0.2) is 18.2 Å². The Kier molecular flexibility index (Phi) is 4.27. The molecule has 1 unspecified atom stereocenters. The van der Waals surface area contributed by atoms with Gasteiger partial charge < -0.3 is 15.7 Å². The Labute approximate surface area is 103 Å². The number of rotatable bonds is 3. The van der Waals surface area contributed by atoms with Crippen molar-refractivity contribution in [3.8, 4) is 12.3 Å². The fraction of sp³-hybridized carbons (Fsp3) is 0.167. The van der Waals surface area contributed by atoms with Crippen LogP contribution in [0.3, 0.4) is 0 Å². The van der Waals surface area contributed by atoms with Gasteiger partial charge in [-0.25, -0.2) is 14.0 Å². The Bertz CT molecular complexity index is 523. The van der Waals surface area contributed by atoms with Gasteiger partial charge in [-0.3, -0.25) is 0 Å². The molecule has 94 valence electrons. The summed E-state index contributed by atoms with van der Waals surface area (Å²) in [6, 6.07) is 2.16. The van der Waals surface area contributed by atoms with Crippen LogP contribution in [-0.2, 0) is 0 Å². The van der Waals surface area contributed by atoms with Gasteiger partial charge in [-0.05, 0) is 19.1 Å². The first-order valence-corrected chi connectivity index (χ1v) is 5.01. The Balaban J connectivity index is 2.94. The lowest BCUT2D eigenvalue weighted by Crippen LogP contribution is -2.35. The lowest BCUT2D eigenvalue weighted by molar-refractivity contribution is 0.0697. The first-order valence-electron chi connectivity index (χ1n) is 5.01. The summed E-state index contributed by atoms with van der Waals surface area (Å²) in [5.41, 5.74) is -0.731. The lowest BCUT2D eigenvalue weighted by atomic mass is 10.1. The molecule has 0 radical (unpaired) electrons. The largest absolute Gasteiger partial charge is 0.478 e. The van der Waals surface area contributed by atoms with E-state index in [1.54, 1.807) is 6.92 Å². The van der Waals surface area contributed by atoms with Crippen molar-refractivity contribution >= 4 is 17.7 Å². The standard InChI is InChI=1S/C12H11FN2O3/c1-3-7(2)14-12(18)15-10-8(11(16)17)5-4-6-9(10)13/h1,4-7H,2H3,(H,16,17)(H2,14,15,18). The smallest absolute Gasteiger partial charge is 0.337 e. The SMILES string of the molecule is C#CC(C)NC(=O)Nc1c(F)cccc1C(=O)O. The van der Waals surface area contributed by atoms with E-state index < -0.39 is 29.5 Å². The van der Waals surface area contributed by atoms with E-state index in [0.717, 1.165) is 6.07 Å². The number of carboxylic acid groups (broad SMARTS) is 1. The molecule has 1 aromatic carbocycles. The summed E-state index contributed by atoms with van der Waals surface area (Å²) in [5, 5.41) is 13.3. The van der Waals surface area contributed by atoms with Crippen molar-refractivity contribution in [2.45, 2.75) is 13.0 Å². The molecule has 0 heterocycles. The van der Waals surface area contributed by atoms with Gasteiger partial charge in [-0.2, -0.15) is 0 Å². The topological polar surface area (TPSA) is 78.4 Å². The van der Waals surface area contributed by atoms with Crippen LogP contribution in [0.5, 0.6) is 0 Å². The quantitative estimate of drug-likeness (QED) is 0.714. The fourth-order valence-electron chi connectivity index (χ4n) is 1.22. The van der Waals surface area contributed by atoms with Crippen molar-refractivity contribution in [3.63, 3.8) is 0 Å². The number of hydrogen-bond acceptors (Lipinski definition) is 2. The molecule has 0 fully saturated rings. The average molecular weight is 250 g/mol. The van der Waals surface area contributed by atoms with E-state index in [1.807, 2.05) is 0 Å². The number of aromatic carboxylic acids is 1. The molecule has 0 spiro atoms. The number of carbonyl (C=O) groups is 2. The predicted molar refractivity (Wildman–Crippen MR) is 63.8 cm³/mol. The van der Waals surface area contributed by atoms with Crippen LogP contribution in [0.4, 0.5) is 14.9 Å². The zero-order valence-electron chi connectivity index (χ0n) is 9.53. The molecule has 6 heteroatoms. The number of urea groups is 1. The molecule has 0 bridgehead atoms. The highest BCUT2D eigenvalue weighted by Crippen LogP contribution is 2.19. The van der Waals surface area contributed by atoms with Gasteiger partial charge in [0.1, 0.15) is 5.82 Å². The van der Waals surface area contributed by atoms with Crippen LogP contribution in [0.25, 0.3) is 0 Å². The second-order valence-electron chi connectivity index (χ2n) is 3.45. The normalized spacial score (nSPS) is 11.2. The number of nitrogens with one attached hydrogen (secondary N) is 2. The van der Waals surface area contributed by atoms with Crippen molar-refractivity contribution in [3.05, 3.63) is 29.6 Å². The van der Waals surface area contributed by atoms with E-state index in [2.05, 4.69) is 16.6 Å². The molecule has 0 aromatic heterocycles. The molecular weight excluding hydrogens is 239 g/mol. The molecule has 1 atom stereocenters. The third kappa shape index (κ3) is 3.22. The minimum absolute atomic E-state index is 0.335. The van der Waals surface area contributed by atoms with Crippen LogP contribution in [0, 0.1) is 18.2 Å². The number of benzene rings is 1. The van der Waals surface area contributed by atoms with Crippen LogP contribution in [0.2, 0.25) is 0 Å². The first-order chi connectivity index (χ1) is 8.45. The van der Waals surface area contributed by atoms with Crippen LogP contribution in [0.1, 0.15) is 17.3 Å². The molecule has 18 heavy (non-hydrogen) atoms. The maximum atomic E-state index is 13.4. The van der Waals surface area contributed by atoms with Gasteiger partial charge in [0.05, 0.1) is 17.3 Å². The number of carbonyl (C=O) groups excluding carboxylic acids is 1. The second kappa shape index (κ2) is 5.68. The van der Waals surface area contributed by atoms with Gasteiger partial charge in [0, 0.05) is 0 Å². The minimum atomic E-state index is -1.34. The van der Waals surface area contributed by atoms with Gasteiger partial charge in [0.25, 0.3) is 0 Å². The molecule has 1 aromatic rings. The first kappa shape index (κ1) is 13.5. The van der Waals surface area contributed by atoms with E-state index in [4.69, 9.17) is 11.5 Å². The Hall–Kier alpha value is -2.55. The molecular formula is C12H11FN2O3. The highest BCUT2D eigenvalue weighted by atomic mass is 19.1. The van der Waals surface area contributed by atoms with Crippen molar-refractivity contribution in [1.29, 1.82) is 0 Å². The van der Waals surface area contributed by atoms with Crippen LogP contribution in [-0.4, -0.2) is 23.1 Å². The van der Waals surface area contributed by atoms with E-state index >= 15 is 0 Å². The predicted octanol–water partition coefficient (Wildman–Crippen LogP) is 1.67. The number of amides is 2. The van der Waals surface area contributed by atoms with Crippen molar-refractivity contribution in [2.75, 3.05) is 5.32 Å². The van der Waals surface area contributed by atoms with E-state index in [0.29, 0.717) is 0 Å². The van der Waals surface area contributed by atoms with E-state index in [9.17, 15) is 14.0 Å². The second-order valence-corrected chi connectivity index (χ2v) is 3.45. The fourth-order valence-corrected chi connectivity index (χ4v) is 1.22. The monoisotopic (exact) mass is 250 g/mol. The molecule has 0 aliphatic rings. The highest BCUT2D eigenvalue weighted by molar-refractivity contribution is 6.00. The Morgan fingerprint density at radius 3 is 2.72 bits per heavy atom. The van der Waals surface area contributed by atoms with Crippen molar-refractivity contribution < 1.29 is 19.1 Å². The Morgan fingerprint density at radius 2 is 2.17 bits per heavy atom. The van der Waals surface area contributed by atoms with Crippen molar-refractivity contribution in [1.82, 2.24) is 5.32 Å². The molecule has 0 aliphatic heterocycles. The molecule has 0 aliphatic carbocycles.